The van der Waals surface area contributed by atoms with Crippen LogP contribution in [0.2, 0.25) is 10.0 Å². The van der Waals surface area contributed by atoms with Crippen LogP contribution in [0.3, 0.4) is 0 Å². The van der Waals surface area contributed by atoms with Crippen molar-refractivity contribution in [1.82, 2.24) is 14.7 Å². The van der Waals surface area contributed by atoms with E-state index < -0.39 is 21.1 Å². The number of anilines is 1. The number of carbonyl (C=O) groups is 1. The van der Waals surface area contributed by atoms with Gasteiger partial charge in [-0.1, -0.05) is 23.2 Å². The maximum absolute atomic E-state index is 12.3. The Balaban J connectivity index is 2.47. The molecule has 5 N–H and O–H groups in total. The highest BCUT2D eigenvalue weighted by molar-refractivity contribution is 7.89. The first-order valence-corrected chi connectivity index (χ1v) is 10.5. The van der Waals surface area contributed by atoms with Crippen molar-refractivity contribution in [2.75, 3.05) is 19.9 Å². The van der Waals surface area contributed by atoms with Crippen molar-refractivity contribution >= 4 is 66.4 Å². The van der Waals surface area contributed by atoms with E-state index in [1.165, 1.54) is 26.3 Å². The second-order valence-electron chi connectivity index (χ2n) is 5.43. The number of sulfonamides is 1. The summed E-state index contributed by atoms with van der Waals surface area (Å²) in [6.07, 6.45) is 0. The predicted octanol–water partition coefficient (Wildman–Crippen LogP) is 2.26. The fourth-order valence-electron chi connectivity index (χ4n) is 2.45. The number of methoxy groups -OCH3 is 1. The van der Waals surface area contributed by atoms with Crippen molar-refractivity contribution in [2.24, 2.45) is 5.73 Å². The zero-order chi connectivity index (χ0) is 20.8. The molecule has 0 saturated carbocycles. The van der Waals surface area contributed by atoms with E-state index in [1.807, 2.05) is 0 Å². The number of rotatable bonds is 5. The minimum Gasteiger partial charge on any atom is -0.495 e. The van der Waals surface area contributed by atoms with Gasteiger partial charge in [-0.15, -0.1) is 11.3 Å². The highest BCUT2D eigenvalue weighted by atomic mass is 35.5. The molecule has 148 valence electrons. The summed E-state index contributed by atoms with van der Waals surface area (Å²) >= 11 is 13.1. The lowest BCUT2D eigenvalue weighted by Gasteiger charge is -2.11. The topological polar surface area (TPSA) is 150 Å². The number of ether oxygens (including phenoxy) is 1. The van der Waals surface area contributed by atoms with Crippen LogP contribution in [-0.2, 0) is 10.0 Å². The fraction of sp³-hybridized carbons (Fsp3) is 0.133. The van der Waals surface area contributed by atoms with E-state index in [0.29, 0.717) is 5.56 Å². The first kappa shape index (κ1) is 20.6. The van der Waals surface area contributed by atoms with E-state index in [0.717, 1.165) is 11.3 Å². The Hall–Kier alpha value is -2.18. The van der Waals surface area contributed by atoms with Crippen molar-refractivity contribution in [1.29, 1.82) is 0 Å². The molecule has 1 aromatic carbocycles. The molecule has 9 nitrogen and oxygen atoms in total. The zero-order valence-corrected chi connectivity index (χ0v) is 17.6. The molecule has 0 saturated heterocycles. The molecule has 0 aliphatic rings. The van der Waals surface area contributed by atoms with Crippen molar-refractivity contribution in [3.8, 4) is 17.0 Å². The van der Waals surface area contributed by atoms with Crippen LogP contribution in [0.25, 0.3) is 21.5 Å². The van der Waals surface area contributed by atoms with Crippen molar-refractivity contribution < 1.29 is 17.9 Å². The fourth-order valence-corrected chi connectivity index (χ4v) is 4.46. The Labute approximate surface area is 173 Å². The van der Waals surface area contributed by atoms with Gasteiger partial charge >= 0.3 is 0 Å². The van der Waals surface area contributed by atoms with Crippen LogP contribution in [-0.4, -0.2) is 38.5 Å². The summed E-state index contributed by atoms with van der Waals surface area (Å²) < 4.78 is 31.9. The van der Waals surface area contributed by atoms with E-state index in [4.69, 9.17) is 39.4 Å². The van der Waals surface area contributed by atoms with Gasteiger partial charge in [0.05, 0.1) is 28.9 Å². The summed E-state index contributed by atoms with van der Waals surface area (Å²) in [5.41, 5.74) is 12.0. The summed E-state index contributed by atoms with van der Waals surface area (Å²) in [4.78, 5) is 20.1. The molecule has 0 fully saturated rings. The maximum Gasteiger partial charge on any atom is 0.276 e. The monoisotopic (exact) mass is 461 g/mol. The van der Waals surface area contributed by atoms with Gasteiger partial charge in [-0.25, -0.2) is 23.1 Å². The van der Waals surface area contributed by atoms with Crippen LogP contribution in [0.4, 0.5) is 5.69 Å². The van der Waals surface area contributed by atoms with Gasteiger partial charge in [0.1, 0.15) is 20.5 Å². The third-order valence-electron chi connectivity index (χ3n) is 3.79. The molecule has 0 unspecified atom stereocenters. The minimum absolute atomic E-state index is 0.0385. The number of benzene rings is 1. The lowest BCUT2D eigenvalue weighted by Crippen LogP contribution is -2.21. The Morgan fingerprint density at radius 1 is 1.29 bits per heavy atom. The number of carbonyl (C=O) groups excluding carboxylic acids is 1. The molecule has 0 aliphatic heterocycles. The van der Waals surface area contributed by atoms with Gasteiger partial charge in [0.15, 0.2) is 0 Å². The molecule has 2 heterocycles. The average molecular weight is 462 g/mol. The van der Waals surface area contributed by atoms with Crippen LogP contribution in [0.15, 0.2) is 17.3 Å². The van der Waals surface area contributed by atoms with Crippen molar-refractivity contribution in [2.45, 2.75) is 5.16 Å². The molecule has 0 radical (unpaired) electrons. The van der Waals surface area contributed by atoms with Crippen LogP contribution in [0.1, 0.15) is 9.67 Å². The van der Waals surface area contributed by atoms with E-state index in [2.05, 4.69) is 14.7 Å². The van der Waals surface area contributed by atoms with E-state index in [1.54, 1.807) is 0 Å². The highest BCUT2D eigenvalue weighted by Gasteiger charge is 2.25. The standard InChI is InChI=1S/C15H13Cl2N5O4S2/c1-20-28(24,25)15-21-11(5-3-6(16)9(17)7(4-5)26-2)8-10(18)12(13(19)23)27-14(8)22-15/h3-4,20H,18H2,1-2H3,(H2,19,23). The minimum atomic E-state index is -3.99. The zero-order valence-electron chi connectivity index (χ0n) is 14.4. The Bertz CT molecular complexity index is 1230. The number of thiophene rings is 1. The van der Waals surface area contributed by atoms with Gasteiger partial charge < -0.3 is 16.2 Å². The van der Waals surface area contributed by atoms with Crippen molar-refractivity contribution in [3.63, 3.8) is 0 Å². The lowest BCUT2D eigenvalue weighted by atomic mass is 10.1. The normalized spacial score (nSPS) is 11.7. The van der Waals surface area contributed by atoms with Crippen molar-refractivity contribution in [3.05, 3.63) is 27.1 Å². The van der Waals surface area contributed by atoms with Gasteiger partial charge in [-0.05, 0) is 19.2 Å². The number of halogens is 2. The molecule has 3 aromatic rings. The number of aromatic nitrogens is 2. The number of primary amides is 1. The second kappa shape index (κ2) is 7.33. The Kier molecular flexibility index (Phi) is 5.38. The summed E-state index contributed by atoms with van der Waals surface area (Å²) in [5, 5.41) is 0.108. The number of nitrogens with zero attached hydrogens (tertiary/aromatic N) is 2. The molecule has 0 bridgehead atoms. The molecule has 0 spiro atoms. The SMILES string of the molecule is CNS(=O)(=O)c1nc(-c2cc(Cl)c(Cl)c(OC)c2)c2c(N)c(C(N)=O)sc2n1. The first-order chi connectivity index (χ1) is 13.1. The molecule has 2 aromatic heterocycles. The van der Waals surface area contributed by atoms with Crippen LogP contribution in [0.5, 0.6) is 5.75 Å². The molecule has 28 heavy (non-hydrogen) atoms. The van der Waals surface area contributed by atoms with Gasteiger partial charge in [0.2, 0.25) is 0 Å². The number of fused-ring (bicyclic) bond motifs is 1. The van der Waals surface area contributed by atoms with Gasteiger partial charge in [0, 0.05) is 5.56 Å². The van der Waals surface area contributed by atoms with Crippen LogP contribution >= 0.6 is 34.5 Å². The first-order valence-electron chi connectivity index (χ1n) is 7.47. The molecule has 1 amide bonds. The molecular formula is C15H13Cl2N5O4S2. The Morgan fingerprint density at radius 3 is 2.54 bits per heavy atom. The summed E-state index contributed by atoms with van der Waals surface area (Å²) in [5.74, 6) is -0.519. The smallest absolute Gasteiger partial charge is 0.276 e. The number of amides is 1. The summed E-state index contributed by atoms with van der Waals surface area (Å²) in [6, 6.07) is 3.00. The third-order valence-corrected chi connectivity index (χ3v) is 6.89. The predicted molar refractivity (Wildman–Crippen MR) is 109 cm³/mol. The molecule has 13 heteroatoms. The van der Waals surface area contributed by atoms with Gasteiger partial charge in [-0.2, -0.15) is 0 Å². The molecular weight excluding hydrogens is 449 g/mol. The number of hydrogen-bond donors (Lipinski definition) is 3. The highest BCUT2D eigenvalue weighted by Crippen LogP contribution is 2.42. The molecule has 0 atom stereocenters. The number of nitrogen functional groups attached to an aromatic ring is 1. The van der Waals surface area contributed by atoms with E-state index in [9.17, 15) is 13.2 Å². The average Bonchev–Trinajstić information content (AvgIpc) is 3.00. The number of hydrogen-bond acceptors (Lipinski definition) is 8. The second-order valence-corrected chi connectivity index (χ2v) is 8.99. The van der Waals surface area contributed by atoms with Crippen LogP contribution < -0.4 is 20.9 Å². The summed E-state index contributed by atoms with van der Waals surface area (Å²) in [6.45, 7) is 0. The largest absolute Gasteiger partial charge is 0.495 e. The number of nitrogens with one attached hydrogen (secondary N) is 1. The lowest BCUT2D eigenvalue weighted by molar-refractivity contribution is 0.100. The molecule has 0 aliphatic carbocycles. The van der Waals surface area contributed by atoms with E-state index in [-0.39, 0.29) is 42.3 Å². The van der Waals surface area contributed by atoms with E-state index >= 15 is 0 Å². The van der Waals surface area contributed by atoms with Gasteiger partial charge in [-0.3, -0.25) is 4.79 Å². The summed E-state index contributed by atoms with van der Waals surface area (Å²) in [7, 11) is -1.37. The maximum atomic E-state index is 12.3. The van der Waals surface area contributed by atoms with Crippen LogP contribution in [0, 0.1) is 0 Å². The Morgan fingerprint density at radius 2 is 1.96 bits per heavy atom. The molecule has 3 rings (SSSR count). The number of nitrogens with two attached hydrogens (primary N) is 2. The van der Waals surface area contributed by atoms with Gasteiger partial charge in [0.25, 0.3) is 21.1 Å². The third kappa shape index (κ3) is 3.35. The quantitative estimate of drug-likeness (QED) is 0.492.